The molecule has 1 amide bonds. The average Bonchev–Trinajstić information content (AvgIpc) is 3.02. The topological polar surface area (TPSA) is 62.7 Å². The minimum Gasteiger partial charge on any atom is -0.350 e. The van der Waals surface area contributed by atoms with Crippen molar-refractivity contribution in [3.8, 4) is 11.4 Å². The third kappa shape index (κ3) is 4.51. The first-order chi connectivity index (χ1) is 13.3. The Hall–Kier alpha value is -2.87. The summed E-state index contributed by atoms with van der Waals surface area (Å²) in [5.41, 5.74) is 2.49. The molecular formula is C20H20F2N4OS. The van der Waals surface area contributed by atoms with Gasteiger partial charge in [0, 0.05) is 18.5 Å². The maximum absolute atomic E-state index is 13.4. The van der Waals surface area contributed by atoms with Crippen LogP contribution in [0.5, 0.6) is 0 Å². The summed E-state index contributed by atoms with van der Waals surface area (Å²) in [5.74, 6) is -1.42. The van der Waals surface area contributed by atoms with E-state index in [1.165, 1.54) is 6.07 Å². The summed E-state index contributed by atoms with van der Waals surface area (Å²) in [6, 6.07) is 11.0. The summed E-state index contributed by atoms with van der Waals surface area (Å²) in [5, 5.41) is 9.82. The molecule has 0 aliphatic heterocycles. The van der Waals surface area contributed by atoms with Crippen molar-refractivity contribution in [2.24, 2.45) is 0 Å². The smallest absolute Gasteiger partial charge is 0.222 e. The summed E-state index contributed by atoms with van der Waals surface area (Å²) < 4.78 is 28.6. The van der Waals surface area contributed by atoms with Crippen molar-refractivity contribution in [3.05, 3.63) is 70.0 Å². The molecule has 0 saturated heterocycles. The number of aryl methyl sites for hydroxylation is 1. The zero-order valence-corrected chi connectivity index (χ0v) is 16.3. The van der Waals surface area contributed by atoms with Crippen LogP contribution in [0.2, 0.25) is 0 Å². The number of rotatable bonds is 6. The lowest BCUT2D eigenvalue weighted by atomic mass is 10.1. The average molecular weight is 402 g/mol. The van der Waals surface area contributed by atoms with Gasteiger partial charge < -0.3 is 5.32 Å². The second-order valence-electron chi connectivity index (χ2n) is 6.59. The molecule has 28 heavy (non-hydrogen) atoms. The summed E-state index contributed by atoms with van der Waals surface area (Å²) in [4.78, 5) is 12.3. The van der Waals surface area contributed by atoms with Gasteiger partial charge in [0.15, 0.2) is 22.2 Å². The van der Waals surface area contributed by atoms with Gasteiger partial charge in [-0.15, -0.1) is 0 Å². The molecule has 3 aromatic rings. The minimum absolute atomic E-state index is 0.167. The number of H-pyrrole nitrogens is 1. The highest BCUT2D eigenvalue weighted by Crippen LogP contribution is 2.19. The van der Waals surface area contributed by atoms with E-state index >= 15 is 0 Å². The van der Waals surface area contributed by atoms with Crippen molar-refractivity contribution in [2.75, 3.05) is 0 Å². The van der Waals surface area contributed by atoms with Crippen molar-refractivity contribution in [1.82, 2.24) is 20.1 Å². The fourth-order valence-corrected chi connectivity index (χ4v) is 3.15. The van der Waals surface area contributed by atoms with Gasteiger partial charge in [0.2, 0.25) is 5.91 Å². The van der Waals surface area contributed by atoms with E-state index in [1.807, 2.05) is 31.2 Å². The quantitative estimate of drug-likeness (QED) is 0.599. The molecule has 1 aromatic heterocycles. The number of benzene rings is 2. The predicted octanol–water partition coefficient (Wildman–Crippen LogP) is 4.46. The fourth-order valence-electron chi connectivity index (χ4n) is 2.92. The number of hydrogen-bond acceptors (Lipinski definition) is 3. The Labute approximate surface area is 166 Å². The highest BCUT2D eigenvalue weighted by Gasteiger charge is 2.14. The molecule has 0 aliphatic carbocycles. The van der Waals surface area contributed by atoms with E-state index in [2.05, 4.69) is 15.5 Å². The maximum Gasteiger partial charge on any atom is 0.222 e. The Balaban J connectivity index is 1.67. The van der Waals surface area contributed by atoms with Crippen LogP contribution in [0.15, 0.2) is 42.5 Å². The van der Waals surface area contributed by atoms with E-state index < -0.39 is 17.7 Å². The third-order valence-corrected chi connectivity index (χ3v) is 4.73. The lowest BCUT2D eigenvalue weighted by Gasteiger charge is -2.15. The van der Waals surface area contributed by atoms with Crippen LogP contribution >= 0.6 is 12.2 Å². The first-order valence-corrected chi connectivity index (χ1v) is 9.22. The normalized spacial score (nSPS) is 12.0. The molecule has 0 aliphatic rings. The van der Waals surface area contributed by atoms with Gasteiger partial charge in [-0.3, -0.25) is 14.5 Å². The van der Waals surface area contributed by atoms with Crippen LogP contribution in [0.1, 0.15) is 30.5 Å². The number of halogens is 2. The molecule has 0 fully saturated rings. The Morgan fingerprint density at radius 1 is 1.25 bits per heavy atom. The second-order valence-corrected chi connectivity index (χ2v) is 6.97. The Kier molecular flexibility index (Phi) is 5.99. The first-order valence-electron chi connectivity index (χ1n) is 8.81. The molecule has 0 saturated carbocycles. The fraction of sp³-hybridized carbons (Fsp3) is 0.250. The standard InChI is InChI=1S/C20H20F2N4OS/c1-12-4-3-5-15(10-12)19-24-25-20(28)26(19)9-8-18(27)23-13(2)14-6-7-16(21)17(22)11-14/h3-7,10-11,13H,8-9H2,1-2H3,(H,23,27)(H,25,28). The van der Waals surface area contributed by atoms with E-state index in [1.54, 1.807) is 11.5 Å². The summed E-state index contributed by atoms with van der Waals surface area (Å²) in [7, 11) is 0. The van der Waals surface area contributed by atoms with E-state index in [0.29, 0.717) is 22.7 Å². The molecule has 0 bridgehead atoms. The zero-order chi connectivity index (χ0) is 20.3. The van der Waals surface area contributed by atoms with E-state index in [9.17, 15) is 13.6 Å². The van der Waals surface area contributed by atoms with Crippen molar-refractivity contribution < 1.29 is 13.6 Å². The van der Waals surface area contributed by atoms with Gasteiger partial charge in [0.25, 0.3) is 0 Å². The molecule has 2 N–H and O–H groups in total. The van der Waals surface area contributed by atoms with Crippen molar-refractivity contribution >= 4 is 18.1 Å². The third-order valence-electron chi connectivity index (χ3n) is 4.42. The van der Waals surface area contributed by atoms with Crippen molar-refractivity contribution in [3.63, 3.8) is 0 Å². The van der Waals surface area contributed by atoms with Crippen molar-refractivity contribution in [1.29, 1.82) is 0 Å². The van der Waals surface area contributed by atoms with Crippen LogP contribution < -0.4 is 5.32 Å². The number of nitrogens with zero attached hydrogens (tertiary/aromatic N) is 2. The SMILES string of the molecule is Cc1cccc(-c2n[nH]c(=S)n2CCC(=O)NC(C)c2ccc(F)c(F)c2)c1. The lowest BCUT2D eigenvalue weighted by Crippen LogP contribution is -2.27. The molecule has 8 heteroatoms. The summed E-state index contributed by atoms with van der Waals surface area (Å²) in [6.07, 6.45) is 0.167. The maximum atomic E-state index is 13.4. The molecule has 3 rings (SSSR count). The van der Waals surface area contributed by atoms with Gasteiger partial charge in [-0.1, -0.05) is 29.8 Å². The van der Waals surface area contributed by atoms with Crippen molar-refractivity contribution in [2.45, 2.75) is 32.9 Å². The molecule has 1 unspecified atom stereocenters. The second kappa shape index (κ2) is 8.43. The number of amides is 1. The van der Waals surface area contributed by atoms with Crippen LogP contribution in [-0.4, -0.2) is 20.7 Å². The van der Waals surface area contributed by atoms with Crippen LogP contribution in [0.3, 0.4) is 0 Å². The Morgan fingerprint density at radius 3 is 2.75 bits per heavy atom. The van der Waals surface area contributed by atoms with E-state index in [0.717, 1.165) is 23.3 Å². The lowest BCUT2D eigenvalue weighted by molar-refractivity contribution is -0.121. The Morgan fingerprint density at radius 2 is 2.04 bits per heavy atom. The first kappa shape index (κ1) is 19.9. The van der Waals surface area contributed by atoms with Crippen LogP contribution in [-0.2, 0) is 11.3 Å². The monoisotopic (exact) mass is 402 g/mol. The molecule has 1 heterocycles. The van der Waals surface area contributed by atoms with Gasteiger partial charge in [-0.05, 0) is 49.8 Å². The summed E-state index contributed by atoms with van der Waals surface area (Å²) >= 11 is 5.28. The molecule has 2 aromatic carbocycles. The van der Waals surface area contributed by atoms with Gasteiger partial charge >= 0.3 is 0 Å². The molecular weight excluding hydrogens is 382 g/mol. The van der Waals surface area contributed by atoms with Gasteiger partial charge in [-0.25, -0.2) is 8.78 Å². The number of aromatic amines is 1. The minimum atomic E-state index is -0.939. The number of carbonyl (C=O) groups is 1. The molecule has 0 spiro atoms. The number of hydrogen-bond donors (Lipinski definition) is 2. The van der Waals surface area contributed by atoms with Gasteiger partial charge in [-0.2, -0.15) is 5.10 Å². The Bertz CT molecular complexity index is 1060. The van der Waals surface area contributed by atoms with E-state index in [-0.39, 0.29) is 12.3 Å². The van der Waals surface area contributed by atoms with Gasteiger partial charge in [0.05, 0.1) is 6.04 Å². The largest absolute Gasteiger partial charge is 0.350 e. The molecule has 146 valence electrons. The van der Waals surface area contributed by atoms with Crippen LogP contribution in [0.4, 0.5) is 8.78 Å². The highest BCUT2D eigenvalue weighted by molar-refractivity contribution is 7.71. The number of nitrogens with one attached hydrogen (secondary N) is 2. The van der Waals surface area contributed by atoms with Crippen LogP contribution in [0, 0.1) is 23.3 Å². The molecule has 1 atom stereocenters. The molecule has 5 nitrogen and oxygen atoms in total. The van der Waals surface area contributed by atoms with Gasteiger partial charge in [0.1, 0.15) is 0 Å². The van der Waals surface area contributed by atoms with Crippen LogP contribution in [0.25, 0.3) is 11.4 Å². The highest BCUT2D eigenvalue weighted by atomic mass is 32.1. The zero-order valence-electron chi connectivity index (χ0n) is 15.5. The number of carbonyl (C=O) groups excluding carboxylic acids is 1. The number of aromatic nitrogens is 3. The molecule has 0 radical (unpaired) electrons. The van der Waals surface area contributed by atoms with E-state index in [4.69, 9.17) is 12.2 Å². The summed E-state index contributed by atoms with van der Waals surface area (Å²) in [6.45, 7) is 4.05. The predicted molar refractivity (Wildman–Crippen MR) is 105 cm³/mol.